The van der Waals surface area contributed by atoms with Crippen molar-refractivity contribution in [2.45, 2.75) is 46.3 Å². The van der Waals surface area contributed by atoms with E-state index in [0.717, 1.165) is 6.54 Å². The highest BCUT2D eigenvalue weighted by molar-refractivity contribution is 4.65. The molecule has 0 aromatic carbocycles. The van der Waals surface area contributed by atoms with Gasteiger partial charge in [0.15, 0.2) is 0 Å². The molecule has 1 N–H and O–H groups in total. The van der Waals surface area contributed by atoms with E-state index in [0.29, 0.717) is 19.1 Å². The summed E-state index contributed by atoms with van der Waals surface area (Å²) in [6.45, 7) is 12.4. The molecule has 0 bridgehead atoms. The van der Waals surface area contributed by atoms with Crippen LogP contribution in [0.5, 0.6) is 0 Å². The largest absolute Gasteiger partial charge is 0.389 e. The molecule has 3 heteroatoms. The van der Waals surface area contributed by atoms with Gasteiger partial charge in [0.2, 0.25) is 0 Å². The summed E-state index contributed by atoms with van der Waals surface area (Å²) in [7, 11) is 2.03. The Morgan fingerprint density at radius 3 is 2.13 bits per heavy atom. The van der Waals surface area contributed by atoms with Gasteiger partial charge in [-0.05, 0) is 33.7 Å². The molecule has 15 heavy (non-hydrogen) atoms. The summed E-state index contributed by atoms with van der Waals surface area (Å²) < 4.78 is 5.52. The van der Waals surface area contributed by atoms with E-state index in [4.69, 9.17) is 4.74 Å². The van der Waals surface area contributed by atoms with Gasteiger partial charge in [-0.3, -0.25) is 0 Å². The fraction of sp³-hybridized carbons (Fsp3) is 1.00. The van der Waals surface area contributed by atoms with Crippen LogP contribution in [0.1, 0.15) is 34.6 Å². The maximum Gasteiger partial charge on any atom is 0.0900 e. The Morgan fingerprint density at radius 2 is 1.73 bits per heavy atom. The SMILES string of the molecule is CC(C)CN(C)CC(O)COC(C)(C)C. The van der Waals surface area contributed by atoms with Crippen molar-refractivity contribution in [1.29, 1.82) is 0 Å². The summed E-state index contributed by atoms with van der Waals surface area (Å²) in [5, 5.41) is 9.73. The molecule has 0 radical (unpaired) electrons. The highest BCUT2D eigenvalue weighted by Gasteiger charge is 2.15. The maximum atomic E-state index is 9.73. The number of hydrogen-bond donors (Lipinski definition) is 1. The normalized spacial score (nSPS) is 15.0. The molecule has 1 unspecified atom stereocenters. The molecule has 1 atom stereocenters. The lowest BCUT2D eigenvalue weighted by molar-refractivity contribution is -0.0550. The van der Waals surface area contributed by atoms with E-state index in [-0.39, 0.29) is 5.60 Å². The van der Waals surface area contributed by atoms with E-state index in [2.05, 4.69) is 18.7 Å². The van der Waals surface area contributed by atoms with Crippen LogP contribution in [-0.2, 0) is 4.74 Å². The minimum atomic E-state index is -0.395. The Hall–Kier alpha value is -0.120. The fourth-order valence-electron chi connectivity index (χ4n) is 1.46. The minimum absolute atomic E-state index is 0.169. The third-order valence-electron chi connectivity index (χ3n) is 1.91. The zero-order valence-corrected chi connectivity index (χ0v) is 11.1. The number of aliphatic hydroxyl groups is 1. The monoisotopic (exact) mass is 217 g/mol. The van der Waals surface area contributed by atoms with Gasteiger partial charge in [0, 0.05) is 13.1 Å². The van der Waals surface area contributed by atoms with Crippen LogP contribution in [0.3, 0.4) is 0 Å². The Bertz CT molecular complexity index is 163. The van der Waals surface area contributed by atoms with Gasteiger partial charge in [0.05, 0.1) is 18.3 Å². The number of nitrogens with zero attached hydrogens (tertiary/aromatic N) is 1. The smallest absolute Gasteiger partial charge is 0.0900 e. The molecule has 3 nitrogen and oxygen atoms in total. The summed E-state index contributed by atoms with van der Waals surface area (Å²) in [6.07, 6.45) is -0.395. The van der Waals surface area contributed by atoms with E-state index in [1.165, 1.54) is 0 Å². The van der Waals surface area contributed by atoms with Crippen LogP contribution in [0.15, 0.2) is 0 Å². The summed E-state index contributed by atoms with van der Waals surface area (Å²) >= 11 is 0. The maximum absolute atomic E-state index is 9.73. The topological polar surface area (TPSA) is 32.7 Å². The molecule has 0 spiro atoms. The van der Waals surface area contributed by atoms with Crippen molar-refractivity contribution in [3.05, 3.63) is 0 Å². The molecule has 0 aliphatic carbocycles. The van der Waals surface area contributed by atoms with Crippen LogP contribution in [0.4, 0.5) is 0 Å². The standard InChI is InChI=1S/C12H27NO2/c1-10(2)7-13(6)8-11(14)9-15-12(3,4)5/h10-11,14H,7-9H2,1-6H3. The van der Waals surface area contributed by atoms with Crippen molar-refractivity contribution in [3.8, 4) is 0 Å². The third kappa shape index (κ3) is 10.2. The zero-order valence-electron chi connectivity index (χ0n) is 11.1. The third-order valence-corrected chi connectivity index (χ3v) is 1.91. The first-order valence-corrected chi connectivity index (χ1v) is 5.71. The lowest BCUT2D eigenvalue weighted by Crippen LogP contribution is -2.36. The highest BCUT2D eigenvalue weighted by Crippen LogP contribution is 2.07. The number of likely N-dealkylation sites (N-methyl/N-ethyl adjacent to an activating group) is 1. The quantitative estimate of drug-likeness (QED) is 0.736. The second-order valence-corrected chi connectivity index (χ2v) is 5.69. The molecular weight excluding hydrogens is 190 g/mol. The number of aliphatic hydroxyl groups excluding tert-OH is 1. The Balaban J connectivity index is 3.69. The molecule has 0 saturated carbocycles. The van der Waals surface area contributed by atoms with Crippen LogP contribution in [0, 0.1) is 5.92 Å². The molecule has 92 valence electrons. The molecule has 0 aromatic rings. The van der Waals surface area contributed by atoms with Crippen LogP contribution in [-0.4, -0.2) is 48.5 Å². The van der Waals surface area contributed by atoms with Crippen molar-refractivity contribution >= 4 is 0 Å². The van der Waals surface area contributed by atoms with E-state index in [9.17, 15) is 5.11 Å². The summed E-state index contributed by atoms with van der Waals surface area (Å²) in [5.74, 6) is 0.630. The van der Waals surface area contributed by atoms with Crippen LogP contribution >= 0.6 is 0 Å². The van der Waals surface area contributed by atoms with Gasteiger partial charge in [-0.1, -0.05) is 13.8 Å². The van der Waals surface area contributed by atoms with Gasteiger partial charge in [-0.2, -0.15) is 0 Å². The van der Waals surface area contributed by atoms with E-state index in [1.54, 1.807) is 0 Å². The second-order valence-electron chi connectivity index (χ2n) is 5.69. The first kappa shape index (κ1) is 14.9. The van der Waals surface area contributed by atoms with Crippen molar-refractivity contribution in [1.82, 2.24) is 4.90 Å². The molecule has 0 aliphatic heterocycles. The predicted octanol–water partition coefficient (Wildman–Crippen LogP) is 1.75. The number of rotatable bonds is 6. The predicted molar refractivity (Wildman–Crippen MR) is 64.0 cm³/mol. The molecule has 0 fully saturated rings. The van der Waals surface area contributed by atoms with Crippen molar-refractivity contribution in [3.63, 3.8) is 0 Å². The first-order chi connectivity index (χ1) is 6.70. The first-order valence-electron chi connectivity index (χ1n) is 5.71. The average molecular weight is 217 g/mol. The fourth-order valence-corrected chi connectivity index (χ4v) is 1.46. The van der Waals surface area contributed by atoms with Crippen LogP contribution in [0.25, 0.3) is 0 Å². The zero-order chi connectivity index (χ0) is 12.1. The highest BCUT2D eigenvalue weighted by atomic mass is 16.5. The molecule has 0 amide bonds. The Labute approximate surface area is 94.4 Å². The van der Waals surface area contributed by atoms with Crippen molar-refractivity contribution in [2.24, 2.45) is 5.92 Å². The molecule has 0 heterocycles. The summed E-state index contributed by atoms with van der Waals surface area (Å²) in [4.78, 5) is 2.14. The average Bonchev–Trinajstić information content (AvgIpc) is 1.97. The summed E-state index contributed by atoms with van der Waals surface area (Å²) in [6, 6.07) is 0. The van der Waals surface area contributed by atoms with Gasteiger partial charge in [-0.15, -0.1) is 0 Å². The Morgan fingerprint density at radius 1 is 1.20 bits per heavy atom. The molecule has 0 aliphatic rings. The van der Waals surface area contributed by atoms with Crippen LogP contribution in [0.2, 0.25) is 0 Å². The number of hydrogen-bond acceptors (Lipinski definition) is 3. The van der Waals surface area contributed by atoms with Gasteiger partial charge in [0.25, 0.3) is 0 Å². The lowest BCUT2D eigenvalue weighted by atomic mass is 10.2. The number of ether oxygens (including phenoxy) is 1. The molecule has 0 aromatic heterocycles. The Kier molecular flexibility index (Phi) is 6.41. The molecule has 0 saturated heterocycles. The van der Waals surface area contributed by atoms with Gasteiger partial charge < -0.3 is 14.7 Å². The van der Waals surface area contributed by atoms with Crippen LogP contribution < -0.4 is 0 Å². The van der Waals surface area contributed by atoms with Gasteiger partial charge >= 0.3 is 0 Å². The second kappa shape index (κ2) is 6.46. The molecular formula is C12H27NO2. The van der Waals surface area contributed by atoms with Gasteiger partial charge in [-0.25, -0.2) is 0 Å². The minimum Gasteiger partial charge on any atom is -0.389 e. The van der Waals surface area contributed by atoms with E-state index in [1.807, 2.05) is 27.8 Å². The van der Waals surface area contributed by atoms with E-state index >= 15 is 0 Å². The van der Waals surface area contributed by atoms with Gasteiger partial charge in [0.1, 0.15) is 0 Å². The van der Waals surface area contributed by atoms with Crippen molar-refractivity contribution in [2.75, 3.05) is 26.7 Å². The van der Waals surface area contributed by atoms with E-state index < -0.39 is 6.10 Å². The lowest BCUT2D eigenvalue weighted by Gasteiger charge is -2.25. The van der Waals surface area contributed by atoms with Crippen molar-refractivity contribution < 1.29 is 9.84 Å². The summed E-state index contributed by atoms with van der Waals surface area (Å²) in [5.41, 5.74) is -0.169. The molecule has 0 rings (SSSR count).